The van der Waals surface area contributed by atoms with E-state index in [4.69, 9.17) is 0 Å². The van der Waals surface area contributed by atoms with E-state index in [0.29, 0.717) is 6.54 Å². The number of hydrogen-bond acceptors (Lipinski definition) is 2. The highest BCUT2D eigenvalue weighted by molar-refractivity contribution is 5.50. The molecule has 0 aromatic heterocycles. The van der Waals surface area contributed by atoms with Crippen LogP contribution in [0.15, 0.2) is 54.6 Å². The second-order valence-corrected chi connectivity index (χ2v) is 4.01. The summed E-state index contributed by atoms with van der Waals surface area (Å²) in [6.45, 7) is 2.67. The van der Waals surface area contributed by atoms with Gasteiger partial charge in [0.05, 0.1) is 12.2 Å². The van der Waals surface area contributed by atoms with Crippen molar-refractivity contribution in [3.63, 3.8) is 0 Å². The highest BCUT2D eigenvalue weighted by Gasteiger charge is 2.05. The molecule has 17 heavy (non-hydrogen) atoms. The van der Waals surface area contributed by atoms with Gasteiger partial charge in [-0.05, 0) is 24.6 Å². The number of hydrogen-bond donors (Lipinski definition) is 0. The molecule has 2 aromatic carbocycles. The third kappa shape index (κ3) is 2.85. The molecule has 0 atom stereocenters. The first-order valence-electron chi connectivity index (χ1n) is 5.57. The standard InChI is InChI=1S/C15H14N2/c1-13-7-9-14(10-8-13)11-17(12-16)15-5-3-2-4-6-15/h2-10H,11H2,1H3. The lowest BCUT2D eigenvalue weighted by molar-refractivity contribution is 0.976. The highest BCUT2D eigenvalue weighted by atomic mass is 15.1. The topological polar surface area (TPSA) is 27.0 Å². The van der Waals surface area contributed by atoms with Gasteiger partial charge in [-0.1, -0.05) is 48.0 Å². The highest BCUT2D eigenvalue weighted by Crippen LogP contribution is 2.15. The molecule has 0 spiro atoms. The molecule has 0 saturated carbocycles. The summed E-state index contributed by atoms with van der Waals surface area (Å²) in [5, 5.41) is 9.17. The fourth-order valence-electron chi connectivity index (χ4n) is 1.67. The zero-order valence-electron chi connectivity index (χ0n) is 9.80. The minimum Gasteiger partial charge on any atom is -0.275 e. The molecule has 0 aliphatic carbocycles. The molecular formula is C15H14N2. The summed E-state index contributed by atoms with van der Waals surface area (Å²) >= 11 is 0. The van der Waals surface area contributed by atoms with Gasteiger partial charge in [-0.2, -0.15) is 5.26 Å². The average Bonchev–Trinajstić information content (AvgIpc) is 2.39. The number of benzene rings is 2. The minimum atomic E-state index is 0.612. The Hall–Kier alpha value is -2.27. The molecule has 0 unspecified atom stereocenters. The van der Waals surface area contributed by atoms with Crippen LogP contribution in [0.4, 0.5) is 5.69 Å². The van der Waals surface area contributed by atoms with E-state index < -0.39 is 0 Å². The molecule has 0 saturated heterocycles. The summed E-state index contributed by atoms with van der Waals surface area (Å²) in [4.78, 5) is 1.69. The van der Waals surface area contributed by atoms with Gasteiger partial charge in [-0.15, -0.1) is 0 Å². The molecule has 0 amide bonds. The molecule has 84 valence electrons. The quantitative estimate of drug-likeness (QED) is 0.587. The van der Waals surface area contributed by atoms with Crippen LogP contribution >= 0.6 is 0 Å². The fraction of sp³-hybridized carbons (Fsp3) is 0.133. The Kier molecular flexibility index (Phi) is 3.42. The third-order valence-corrected chi connectivity index (χ3v) is 2.65. The van der Waals surface area contributed by atoms with Crippen molar-refractivity contribution >= 4 is 5.69 Å². The summed E-state index contributed by atoms with van der Waals surface area (Å²) in [5.41, 5.74) is 3.30. The van der Waals surface area contributed by atoms with Gasteiger partial charge in [0.1, 0.15) is 0 Å². The Labute approximate surface area is 102 Å². The Bertz CT molecular complexity index is 509. The van der Waals surface area contributed by atoms with E-state index in [0.717, 1.165) is 11.3 Å². The molecule has 2 nitrogen and oxygen atoms in total. The Morgan fingerprint density at radius 3 is 2.24 bits per heavy atom. The summed E-state index contributed by atoms with van der Waals surface area (Å²) in [5.74, 6) is 0. The molecule has 0 aliphatic rings. The van der Waals surface area contributed by atoms with Crippen LogP contribution in [-0.2, 0) is 6.54 Å². The first-order chi connectivity index (χ1) is 8.29. The normalized spacial score (nSPS) is 9.65. The SMILES string of the molecule is Cc1ccc(CN(C#N)c2ccccc2)cc1. The lowest BCUT2D eigenvalue weighted by Gasteiger charge is -2.15. The van der Waals surface area contributed by atoms with Crippen molar-refractivity contribution < 1.29 is 0 Å². The number of para-hydroxylation sites is 1. The molecule has 0 heterocycles. The number of nitriles is 1. The van der Waals surface area contributed by atoms with Crippen LogP contribution in [0.25, 0.3) is 0 Å². The first-order valence-corrected chi connectivity index (χ1v) is 5.57. The molecule has 0 bridgehead atoms. The van der Waals surface area contributed by atoms with Crippen molar-refractivity contribution in [2.45, 2.75) is 13.5 Å². The van der Waals surface area contributed by atoms with Crippen LogP contribution in [0.1, 0.15) is 11.1 Å². The van der Waals surface area contributed by atoms with Crippen molar-refractivity contribution in [3.8, 4) is 6.19 Å². The van der Waals surface area contributed by atoms with Crippen LogP contribution in [0, 0.1) is 18.4 Å². The summed E-state index contributed by atoms with van der Waals surface area (Å²) in [6, 6.07) is 18.0. The van der Waals surface area contributed by atoms with Crippen LogP contribution in [0.5, 0.6) is 0 Å². The van der Waals surface area contributed by atoms with E-state index in [-0.39, 0.29) is 0 Å². The maximum atomic E-state index is 9.17. The Morgan fingerprint density at radius 1 is 1.00 bits per heavy atom. The fourth-order valence-corrected chi connectivity index (χ4v) is 1.67. The van der Waals surface area contributed by atoms with Gasteiger partial charge in [-0.25, -0.2) is 0 Å². The molecule has 2 aromatic rings. The van der Waals surface area contributed by atoms with Gasteiger partial charge in [0.15, 0.2) is 6.19 Å². The summed E-state index contributed by atoms with van der Waals surface area (Å²) < 4.78 is 0. The van der Waals surface area contributed by atoms with Crippen molar-refractivity contribution in [1.29, 1.82) is 5.26 Å². The lowest BCUT2D eigenvalue weighted by Crippen LogP contribution is -2.15. The van der Waals surface area contributed by atoms with Crippen molar-refractivity contribution in [2.75, 3.05) is 4.90 Å². The minimum absolute atomic E-state index is 0.612. The van der Waals surface area contributed by atoms with E-state index in [9.17, 15) is 5.26 Å². The van der Waals surface area contributed by atoms with Crippen molar-refractivity contribution in [2.24, 2.45) is 0 Å². The monoisotopic (exact) mass is 222 g/mol. The second kappa shape index (κ2) is 5.18. The van der Waals surface area contributed by atoms with Gasteiger partial charge in [0.25, 0.3) is 0 Å². The predicted molar refractivity (Wildman–Crippen MR) is 69.4 cm³/mol. The molecular weight excluding hydrogens is 208 g/mol. The number of aryl methyl sites for hydroxylation is 1. The predicted octanol–water partition coefficient (Wildman–Crippen LogP) is 3.48. The van der Waals surface area contributed by atoms with Crippen LogP contribution in [0.2, 0.25) is 0 Å². The van der Waals surface area contributed by atoms with Crippen LogP contribution in [0.3, 0.4) is 0 Å². The van der Waals surface area contributed by atoms with E-state index in [1.807, 2.05) is 30.3 Å². The van der Waals surface area contributed by atoms with E-state index in [2.05, 4.69) is 37.4 Å². The zero-order chi connectivity index (χ0) is 12.1. The molecule has 0 N–H and O–H groups in total. The lowest BCUT2D eigenvalue weighted by atomic mass is 10.1. The van der Waals surface area contributed by atoms with Gasteiger partial charge in [0.2, 0.25) is 0 Å². The Morgan fingerprint density at radius 2 is 1.65 bits per heavy atom. The van der Waals surface area contributed by atoms with Crippen LogP contribution < -0.4 is 4.90 Å². The number of rotatable bonds is 3. The molecule has 0 radical (unpaired) electrons. The molecule has 2 heteroatoms. The van der Waals surface area contributed by atoms with Crippen LogP contribution in [-0.4, -0.2) is 0 Å². The summed E-state index contributed by atoms with van der Waals surface area (Å²) in [6.07, 6.45) is 2.21. The zero-order valence-corrected chi connectivity index (χ0v) is 9.80. The van der Waals surface area contributed by atoms with Gasteiger partial charge in [-0.3, -0.25) is 4.90 Å². The van der Waals surface area contributed by atoms with Gasteiger partial charge < -0.3 is 0 Å². The van der Waals surface area contributed by atoms with E-state index in [1.165, 1.54) is 5.56 Å². The number of nitrogens with zero attached hydrogens (tertiary/aromatic N) is 2. The summed E-state index contributed by atoms with van der Waals surface area (Å²) in [7, 11) is 0. The van der Waals surface area contributed by atoms with Gasteiger partial charge in [0, 0.05) is 0 Å². The number of anilines is 1. The Balaban J connectivity index is 2.17. The van der Waals surface area contributed by atoms with Crippen molar-refractivity contribution in [3.05, 3.63) is 65.7 Å². The van der Waals surface area contributed by atoms with E-state index in [1.54, 1.807) is 4.90 Å². The second-order valence-electron chi connectivity index (χ2n) is 4.01. The first kappa shape index (κ1) is 11.2. The van der Waals surface area contributed by atoms with E-state index >= 15 is 0 Å². The smallest absolute Gasteiger partial charge is 0.184 e. The average molecular weight is 222 g/mol. The maximum absolute atomic E-state index is 9.17. The van der Waals surface area contributed by atoms with Gasteiger partial charge >= 0.3 is 0 Å². The third-order valence-electron chi connectivity index (χ3n) is 2.65. The molecule has 2 rings (SSSR count). The molecule has 0 aliphatic heterocycles. The largest absolute Gasteiger partial charge is 0.275 e. The molecule has 0 fully saturated rings. The maximum Gasteiger partial charge on any atom is 0.184 e. The van der Waals surface area contributed by atoms with Crippen molar-refractivity contribution in [1.82, 2.24) is 0 Å².